The van der Waals surface area contributed by atoms with Gasteiger partial charge in [0, 0.05) is 31.7 Å². The SMILES string of the molecule is CN=C(NCCc1ccc(F)cc1Cl)N(C)Cc1ccon1. The molecule has 0 spiro atoms. The molecule has 0 aliphatic carbocycles. The molecule has 1 heterocycles. The molecule has 0 saturated carbocycles. The molecular formula is C15H18ClFN4O. The van der Waals surface area contributed by atoms with Crippen LogP contribution in [0, 0.1) is 5.82 Å². The van der Waals surface area contributed by atoms with E-state index in [1.165, 1.54) is 18.4 Å². The highest BCUT2D eigenvalue weighted by atomic mass is 35.5. The zero-order valence-corrected chi connectivity index (χ0v) is 13.3. The first-order chi connectivity index (χ1) is 10.6. The predicted molar refractivity (Wildman–Crippen MR) is 84.4 cm³/mol. The summed E-state index contributed by atoms with van der Waals surface area (Å²) in [6, 6.07) is 6.23. The monoisotopic (exact) mass is 324 g/mol. The number of hydrogen-bond donors (Lipinski definition) is 1. The summed E-state index contributed by atoms with van der Waals surface area (Å²) in [5, 5.41) is 7.54. The average molecular weight is 325 g/mol. The third-order valence-electron chi connectivity index (χ3n) is 3.16. The van der Waals surface area contributed by atoms with Gasteiger partial charge in [0.05, 0.1) is 6.54 Å². The van der Waals surface area contributed by atoms with E-state index in [2.05, 4.69) is 15.5 Å². The van der Waals surface area contributed by atoms with Crippen molar-refractivity contribution in [2.75, 3.05) is 20.6 Å². The standard InChI is InChI=1S/C15H18ClFN4O/c1-18-15(21(2)10-13-6-8-22-20-13)19-7-5-11-3-4-12(17)9-14(11)16/h3-4,6,8-9H,5,7,10H2,1-2H3,(H,18,19). The van der Waals surface area contributed by atoms with Crippen molar-refractivity contribution >= 4 is 17.6 Å². The maximum Gasteiger partial charge on any atom is 0.193 e. The van der Waals surface area contributed by atoms with Gasteiger partial charge in [-0.15, -0.1) is 0 Å². The highest BCUT2D eigenvalue weighted by Gasteiger charge is 2.08. The summed E-state index contributed by atoms with van der Waals surface area (Å²) in [6.07, 6.45) is 2.21. The number of rotatable bonds is 5. The maximum absolute atomic E-state index is 13.0. The Hall–Kier alpha value is -2.08. The number of hydrogen-bond acceptors (Lipinski definition) is 3. The van der Waals surface area contributed by atoms with Crippen LogP contribution in [0.3, 0.4) is 0 Å². The van der Waals surface area contributed by atoms with E-state index in [-0.39, 0.29) is 5.82 Å². The van der Waals surface area contributed by atoms with E-state index >= 15 is 0 Å². The molecule has 2 aromatic rings. The van der Waals surface area contributed by atoms with Crippen LogP contribution in [0.15, 0.2) is 40.0 Å². The first kappa shape index (κ1) is 16.3. The Morgan fingerprint density at radius 3 is 2.91 bits per heavy atom. The minimum atomic E-state index is -0.329. The van der Waals surface area contributed by atoms with Gasteiger partial charge in [-0.1, -0.05) is 22.8 Å². The van der Waals surface area contributed by atoms with Crippen LogP contribution in [0.5, 0.6) is 0 Å². The number of nitrogens with zero attached hydrogens (tertiary/aromatic N) is 3. The molecule has 5 nitrogen and oxygen atoms in total. The Balaban J connectivity index is 1.86. The minimum absolute atomic E-state index is 0.329. The maximum atomic E-state index is 13.0. The molecule has 0 radical (unpaired) electrons. The van der Waals surface area contributed by atoms with Gasteiger partial charge in [0.15, 0.2) is 5.96 Å². The summed E-state index contributed by atoms with van der Waals surface area (Å²) in [6.45, 7) is 1.23. The van der Waals surface area contributed by atoms with Gasteiger partial charge < -0.3 is 14.7 Å². The summed E-state index contributed by atoms with van der Waals surface area (Å²) >= 11 is 6.01. The predicted octanol–water partition coefficient (Wildman–Crippen LogP) is 2.72. The summed E-state index contributed by atoms with van der Waals surface area (Å²) in [4.78, 5) is 6.15. The lowest BCUT2D eigenvalue weighted by atomic mass is 10.1. The highest BCUT2D eigenvalue weighted by molar-refractivity contribution is 6.31. The molecule has 0 bridgehead atoms. The Bertz CT molecular complexity index is 630. The molecule has 1 aromatic heterocycles. The van der Waals surface area contributed by atoms with E-state index in [1.54, 1.807) is 13.1 Å². The Morgan fingerprint density at radius 2 is 2.27 bits per heavy atom. The third kappa shape index (κ3) is 4.46. The van der Waals surface area contributed by atoms with Gasteiger partial charge in [-0.3, -0.25) is 4.99 Å². The fraction of sp³-hybridized carbons (Fsp3) is 0.333. The lowest BCUT2D eigenvalue weighted by Crippen LogP contribution is -2.39. The van der Waals surface area contributed by atoms with E-state index < -0.39 is 0 Å². The zero-order valence-electron chi connectivity index (χ0n) is 12.5. The van der Waals surface area contributed by atoms with Crippen LogP contribution in [-0.4, -0.2) is 36.7 Å². The Kier molecular flexibility index (Phi) is 5.77. The Labute approximate surface area is 133 Å². The first-order valence-electron chi connectivity index (χ1n) is 6.85. The molecule has 0 fully saturated rings. The van der Waals surface area contributed by atoms with Crippen molar-refractivity contribution in [3.05, 3.63) is 52.6 Å². The van der Waals surface area contributed by atoms with E-state index in [0.29, 0.717) is 24.5 Å². The van der Waals surface area contributed by atoms with Gasteiger partial charge in [0.25, 0.3) is 0 Å². The van der Waals surface area contributed by atoms with Gasteiger partial charge in [0.2, 0.25) is 0 Å². The first-order valence-corrected chi connectivity index (χ1v) is 7.23. The smallest absolute Gasteiger partial charge is 0.193 e. The second-order valence-corrected chi connectivity index (χ2v) is 5.21. The summed E-state index contributed by atoms with van der Waals surface area (Å²) in [5.74, 6) is 0.408. The fourth-order valence-electron chi connectivity index (χ4n) is 2.06. The van der Waals surface area contributed by atoms with Crippen LogP contribution in [0.1, 0.15) is 11.3 Å². The number of guanidine groups is 1. The van der Waals surface area contributed by atoms with Crippen LogP contribution in [0.2, 0.25) is 5.02 Å². The van der Waals surface area contributed by atoms with E-state index in [1.807, 2.05) is 18.0 Å². The van der Waals surface area contributed by atoms with Crippen LogP contribution in [-0.2, 0) is 13.0 Å². The van der Waals surface area contributed by atoms with Crippen molar-refractivity contribution < 1.29 is 8.91 Å². The van der Waals surface area contributed by atoms with Gasteiger partial charge in [-0.05, 0) is 24.1 Å². The molecule has 7 heteroatoms. The molecule has 118 valence electrons. The minimum Gasteiger partial charge on any atom is -0.364 e. The van der Waals surface area contributed by atoms with Crippen LogP contribution in [0.25, 0.3) is 0 Å². The second-order valence-electron chi connectivity index (χ2n) is 4.81. The molecule has 0 saturated heterocycles. The molecule has 0 atom stereocenters. The molecule has 1 N–H and O–H groups in total. The summed E-state index contributed by atoms with van der Waals surface area (Å²) in [7, 11) is 3.63. The third-order valence-corrected chi connectivity index (χ3v) is 3.51. The lowest BCUT2D eigenvalue weighted by molar-refractivity contribution is 0.391. The summed E-state index contributed by atoms with van der Waals surface area (Å²) < 4.78 is 17.8. The highest BCUT2D eigenvalue weighted by Crippen LogP contribution is 2.17. The molecule has 0 aliphatic rings. The molecule has 2 rings (SSSR count). The van der Waals surface area contributed by atoms with E-state index in [4.69, 9.17) is 16.1 Å². The Morgan fingerprint density at radius 1 is 1.45 bits per heavy atom. The number of benzene rings is 1. The summed E-state index contributed by atoms with van der Waals surface area (Å²) in [5.41, 5.74) is 1.72. The van der Waals surface area contributed by atoms with E-state index in [0.717, 1.165) is 17.2 Å². The van der Waals surface area contributed by atoms with Crippen molar-refractivity contribution in [2.24, 2.45) is 4.99 Å². The number of nitrogens with one attached hydrogen (secondary N) is 1. The zero-order chi connectivity index (χ0) is 15.9. The second kappa shape index (κ2) is 7.79. The normalized spacial score (nSPS) is 11.5. The molecule has 0 aliphatic heterocycles. The van der Waals surface area contributed by atoms with E-state index in [9.17, 15) is 4.39 Å². The van der Waals surface area contributed by atoms with Crippen molar-refractivity contribution in [1.82, 2.24) is 15.4 Å². The van der Waals surface area contributed by atoms with Crippen LogP contribution < -0.4 is 5.32 Å². The fourth-order valence-corrected chi connectivity index (χ4v) is 2.32. The number of halogens is 2. The molecule has 22 heavy (non-hydrogen) atoms. The quantitative estimate of drug-likeness (QED) is 0.678. The molecule has 0 amide bonds. The largest absolute Gasteiger partial charge is 0.364 e. The lowest BCUT2D eigenvalue weighted by Gasteiger charge is -2.21. The van der Waals surface area contributed by atoms with Gasteiger partial charge in [0.1, 0.15) is 17.8 Å². The van der Waals surface area contributed by atoms with Crippen molar-refractivity contribution in [3.63, 3.8) is 0 Å². The molecular weight excluding hydrogens is 307 g/mol. The van der Waals surface area contributed by atoms with Gasteiger partial charge in [-0.25, -0.2) is 4.39 Å². The number of aromatic nitrogens is 1. The van der Waals surface area contributed by atoms with Gasteiger partial charge >= 0.3 is 0 Å². The molecule has 1 aromatic carbocycles. The van der Waals surface area contributed by atoms with Crippen LogP contribution in [0.4, 0.5) is 4.39 Å². The van der Waals surface area contributed by atoms with Crippen molar-refractivity contribution in [2.45, 2.75) is 13.0 Å². The van der Waals surface area contributed by atoms with Crippen molar-refractivity contribution in [3.8, 4) is 0 Å². The number of aliphatic imine (C=N–C) groups is 1. The van der Waals surface area contributed by atoms with Crippen molar-refractivity contribution in [1.29, 1.82) is 0 Å². The topological polar surface area (TPSA) is 53.7 Å². The average Bonchev–Trinajstić information content (AvgIpc) is 2.98. The van der Waals surface area contributed by atoms with Gasteiger partial charge in [-0.2, -0.15) is 0 Å². The molecule has 0 unspecified atom stereocenters. The van der Waals surface area contributed by atoms with Crippen LogP contribution >= 0.6 is 11.6 Å².